The third-order valence-electron chi connectivity index (χ3n) is 3.95. The molecule has 0 radical (unpaired) electrons. The van der Waals surface area contributed by atoms with Gasteiger partial charge < -0.3 is 9.67 Å². The number of hydrogen-bond acceptors (Lipinski definition) is 2. The van der Waals surface area contributed by atoms with Crippen molar-refractivity contribution in [2.45, 2.75) is 37.8 Å². The number of aliphatic hydroxyl groups is 1. The normalized spacial score (nSPS) is 17.7. The molecule has 1 heterocycles. The maximum Gasteiger partial charge on any atom is 0.162 e. The third kappa shape index (κ3) is 3.47. The minimum absolute atomic E-state index is 0.102. The van der Waals surface area contributed by atoms with Crippen molar-refractivity contribution in [2.24, 2.45) is 5.92 Å². The molecule has 1 saturated carbocycles. The molecule has 5 heteroatoms. The van der Waals surface area contributed by atoms with Crippen LogP contribution >= 0.6 is 0 Å². The monoisotopic (exact) mass is 292 g/mol. The van der Waals surface area contributed by atoms with E-state index in [1.54, 1.807) is 23.3 Å². The van der Waals surface area contributed by atoms with Gasteiger partial charge in [0.2, 0.25) is 0 Å². The molecule has 1 atom stereocenters. The number of halogens is 2. The van der Waals surface area contributed by atoms with Gasteiger partial charge in [-0.25, -0.2) is 13.8 Å². The molecule has 21 heavy (non-hydrogen) atoms. The van der Waals surface area contributed by atoms with Gasteiger partial charge in [-0.3, -0.25) is 0 Å². The maximum absolute atomic E-state index is 13.9. The van der Waals surface area contributed by atoms with Crippen molar-refractivity contribution in [1.82, 2.24) is 9.55 Å². The van der Waals surface area contributed by atoms with Crippen molar-refractivity contribution in [3.05, 3.63) is 54.1 Å². The summed E-state index contributed by atoms with van der Waals surface area (Å²) in [5.41, 5.74) is -0.866. The van der Waals surface area contributed by atoms with E-state index in [1.807, 2.05) is 0 Å². The lowest BCUT2D eigenvalue weighted by atomic mass is 9.88. The second kappa shape index (κ2) is 5.56. The zero-order valence-electron chi connectivity index (χ0n) is 11.7. The number of hydrogen-bond donors (Lipinski definition) is 1. The molecule has 0 bridgehead atoms. The van der Waals surface area contributed by atoms with Gasteiger partial charge in [0.05, 0.1) is 18.5 Å². The zero-order valence-corrected chi connectivity index (χ0v) is 11.7. The Balaban J connectivity index is 1.82. The molecule has 0 saturated heterocycles. The summed E-state index contributed by atoms with van der Waals surface area (Å²) in [5, 5.41) is 10.9. The molecule has 1 aromatic heterocycles. The topological polar surface area (TPSA) is 38.0 Å². The smallest absolute Gasteiger partial charge is 0.162 e. The van der Waals surface area contributed by atoms with Gasteiger partial charge in [0, 0.05) is 18.8 Å². The van der Waals surface area contributed by atoms with Gasteiger partial charge in [0.1, 0.15) is 0 Å². The Morgan fingerprint density at radius 1 is 1.33 bits per heavy atom. The summed E-state index contributed by atoms with van der Waals surface area (Å²) < 4.78 is 29.0. The standard InChI is InChI=1S/C16H18F2N2O/c17-14-3-1-2-13(15(14)18)9-16(21,8-12-4-5-12)10-20-7-6-19-11-20/h1-3,6-7,11-12,21H,4-5,8-10H2. The second-order valence-electron chi connectivity index (χ2n) is 6.00. The minimum Gasteiger partial charge on any atom is -0.388 e. The Bertz CT molecular complexity index is 611. The fraction of sp³-hybridized carbons (Fsp3) is 0.438. The average Bonchev–Trinajstić information content (AvgIpc) is 3.08. The molecule has 1 aromatic carbocycles. The lowest BCUT2D eigenvalue weighted by Crippen LogP contribution is -2.37. The number of imidazole rings is 1. The molecule has 112 valence electrons. The SMILES string of the molecule is OC(Cc1cccc(F)c1F)(CC1CC1)Cn1ccnc1. The van der Waals surface area contributed by atoms with Crippen LogP contribution in [-0.2, 0) is 13.0 Å². The molecule has 0 amide bonds. The Kier molecular flexibility index (Phi) is 3.76. The number of rotatable bonds is 6. The summed E-state index contributed by atoms with van der Waals surface area (Å²) in [4.78, 5) is 3.96. The number of benzene rings is 1. The Morgan fingerprint density at radius 2 is 2.14 bits per heavy atom. The van der Waals surface area contributed by atoms with Crippen LogP contribution in [0.4, 0.5) is 8.78 Å². The number of aromatic nitrogens is 2. The van der Waals surface area contributed by atoms with Crippen LogP contribution in [-0.4, -0.2) is 20.3 Å². The first-order valence-electron chi connectivity index (χ1n) is 7.17. The van der Waals surface area contributed by atoms with E-state index in [0.717, 1.165) is 18.9 Å². The predicted molar refractivity (Wildman–Crippen MR) is 74.6 cm³/mol. The Morgan fingerprint density at radius 3 is 2.81 bits per heavy atom. The van der Waals surface area contributed by atoms with E-state index < -0.39 is 17.2 Å². The van der Waals surface area contributed by atoms with Crippen LogP contribution in [0.3, 0.4) is 0 Å². The van der Waals surface area contributed by atoms with Gasteiger partial charge in [0.25, 0.3) is 0 Å². The Labute approximate surface area is 122 Å². The van der Waals surface area contributed by atoms with Gasteiger partial charge >= 0.3 is 0 Å². The van der Waals surface area contributed by atoms with Gasteiger partial charge in [-0.05, 0) is 24.0 Å². The van der Waals surface area contributed by atoms with E-state index in [2.05, 4.69) is 4.98 Å². The molecule has 2 aromatic rings. The summed E-state index contributed by atoms with van der Waals surface area (Å²) in [7, 11) is 0. The molecule has 1 aliphatic carbocycles. The molecule has 1 fully saturated rings. The lowest BCUT2D eigenvalue weighted by Gasteiger charge is -2.29. The summed E-state index contributed by atoms with van der Waals surface area (Å²) in [6, 6.07) is 4.10. The summed E-state index contributed by atoms with van der Waals surface area (Å²) in [6.07, 6.45) is 7.92. The van der Waals surface area contributed by atoms with Crippen LogP contribution in [0.2, 0.25) is 0 Å². The molecule has 0 spiro atoms. The maximum atomic E-state index is 13.9. The van der Waals surface area contributed by atoms with Crippen molar-refractivity contribution in [1.29, 1.82) is 0 Å². The average molecular weight is 292 g/mol. The van der Waals surface area contributed by atoms with E-state index in [-0.39, 0.29) is 12.0 Å². The van der Waals surface area contributed by atoms with Crippen LogP contribution < -0.4 is 0 Å². The predicted octanol–water partition coefficient (Wildman–Crippen LogP) is 2.94. The first-order valence-corrected chi connectivity index (χ1v) is 7.17. The van der Waals surface area contributed by atoms with Gasteiger partial charge in [-0.2, -0.15) is 0 Å². The van der Waals surface area contributed by atoms with E-state index in [0.29, 0.717) is 18.9 Å². The summed E-state index contributed by atoms with van der Waals surface area (Å²) >= 11 is 0. The van der Waals surface area contributed by atoms with Crippen LogP contribution in [0.5, 0.6) is 0 Å². The van der Waals surface area contributed by atoms with Crippen molar-refractivity contribution in [3.63, 3.8) is 0 Å². The molecule has 3 rings (SSSR count). The van der Waals surface area contributed by atoms with Crippen molar-refractivity contribution in [3.8, 4) is 0 Å². The highest BCUT2D eigenvalue weighted by molar-refractivity contribution is 5.21. The van der Waals surface area contributed by atoms with Gasteiger partial charge in [-0.15, -0.1) is 0 Å². The van der Waals surface area contributed by atoms with E-state index in [9.17, 15) is 13.9 Å². The highest BCUT2D eigenvalue weighted by atomic mass is 19.2. The second-order valence-corrected chi connectivity index (χ2v) is 6.00. The highest BCUT2D eigenvalue weighted by Gasteiger charge is 2.36. The number of nitrogens with zero attached hydrogens (tertiary/aromatic N) is 2. The van der Waals surface area contributed by atoms with Crippen LogP contribution in [0.1, 0.15) is 24.8 Å². The Hall–Kier alpha value is -1.75. The third-order valence-corrected chi connectivity index (χ3v) is 3.95. The largest absolute Gasteiger partial charge is 0.388 e. The molecule has 3 nitrogen and oxygen atoms in total. The summed E-state index contributed by atoms with van der Waals surface area (Å²) in [5.74, 6) is -1.25. The van der Waals surface area contributed by atoms with Crippen molar-refractivity contribution < 1.29 is 13.9 Å². The van der Waals surface area contributed by atoms with E-state index >= 15 is 0 Å². The van der Waals surface area contributed by atoms with Crippen LogP contribution in [0.15, 0.2) is 36.9 Å². The summed E-state index contributed by atoms with van der Waals surface area (Å²) in [6.45, 7) is 0.333. The van der Waals surface area contributed by atoms with E-state index in [1.165, 1.54) is 12.1 Å². The quantitative estimate of drug-likeness (QED) is 0.889. The van der Waals surface area contributed by atoms with Gasteiger partial charge in [0.15, 0.2) is 11.6 Å². The highest BCUT2D eigenvalue weighted by Crippen LogP contribution is 2.38. The van der Waals surface area contributed by atoms with Crippen LogP contribution in [0, 0.1) is 17.6 Å². The van der Waals surface area contributed by atoms with Gasteiger partial charge in [-0.1, -0.05) is 25.0 Å². The van der Waals surface area contributed by atoms with Crippen molar-refractivity contribution >= 4 is 0 Å². The first-order chi connectivity index (χ1) is 10.1. The molecular weight excluding hydrogens is 274 g/mol. The fourth-order valence-electron chi connectivity index (χ4n) is 2.81. The van der Waals surface area contributed by atoms with Crippen molar-refractivity contribution in [2.75, 3.05) is 0 Å². The van der Waals surface area contributed by atoms with Crippen LogP contribution in [0.25, 0.3) is 0 Å². The molecular formula is C16H18F2N2O. The minimum atomic E-state index is -1.09. The lowest BCUT2D eigenvalue weighted by molar-refractivity contribution is 0.00837. The molecule has 1 aliphatic rings. The zero-order chi connectivity index (χ0) is 14.9. The molecule has 1 N–H and O–H groups in total. The first kappa shape index (κ1) is 14.2. The molecule has 1 unspecified atom stereocenters. The molecule has 0 aliphatic heterocycles. The van der Waals surface area contributed by atoms with E-state index in [4.69, 9.17) is 0 Å². The fourth-order valence-corrected chi connectivity index (χ4v) is 2.81.